The van der Waals surface area contributed by atoms with E-state index < -0.39 is 17.6 Å². The number of anilines is 1. The number of alkyl halides is 3. The molecule has 0 saturated heterocycles. The Kier molecular flexibility index (Phi) is 5.47. The molecule has 0 radical (unpaired) electrons. The minimum Gasteiger partial charge on any atom is -0.469 e. The Morgan fingerprint density at radius 3 is 2.74 bits per heavy atom. The maximum atomic E-state index is 12.8. The summed E-state index contributed by atoms with van der Waals surface area (Å²) in [6.07, 6.45) is -3.06. The minimum absolute atomic E-state index is 0.00291. The number of nitrogens with one attached hydrogen (secondary N) is 1. The van der Waals surface area contributed by atoms with Crippen molar-refractivity contribution in [2.75, 3.05) is 11.1 Å². The fraction of sp³-hybridized carbons (Fsp3) is 0.188. The van der Waals surface area contributed by atoms with E-state index in [4.69, 9.17) is 20.4 Å². The van der Waals surface area contributed by atoms with Crippen molar-refractivity contribution < 1.29 is 26.8 Å². The molecular formula is C16H11ClF3N3O3S. The Balaban J connectivity index is 1.62. The highest BCUT2D eigenvalue weighted by Gasteiger charge is 2.31. The smallest absolute Gasteiger partial charge is 0.416 e. The summed E-state index contributed by atoms with van der Waals surface area (Å²) < 4.78 is 48.8. The summed E-state index contributed by atoms with van der Waals surface area (Å²) in [5, 5.41) is 10.1. The van der Waals surface area contributed by atoms with E-state index in [1.165, 1.54) is 6.26 Å². The van der Waals surface area contributed by atoms with E-state index in [2.05, 4.69) is 15.5 Å². The van der Waals surface area contributed by atoms with Gasteiger partial charge < -0.3 is 14.2 Å². The van der Waals surface area contributed by atoms with E-state index in [1.807, 2.05) is 0 Å². The third kappa shape index (κ3) is 4.64. The molecule has 0 aliphatic rings. The Morgan fingerprint density at radius 2 is 2.07 bits per heavy atom. The number of carbonyl (C=O) groups is 1. The summed E-state index contributed by atoms with van der Waals surface area (Å²) in [5.74, 6) is 0.121. The van der Waals surface area contributed by atoms with Gasteiger partial charge in [0.2, 0.25) is 5.91 Å². The number of benzene rings is 1. The molecule has 0 spiro atoms. The molecule has 11 heteroatoms. The number of carbonyl (C=O) groups excluding carboxylic acids is 1. The average molecular weight is 418 g/mol. The highest BCUT2D eigenvalue weighted by atomic mass is 35.5. The molecule has 0 fully saturated rings. The van der Waals surface area contributed by atoms with Crippen molar-refractivity contribution in [3.8, 4) is 11.5 Å². The van der Waals surface area contributed by atoms with Crippen LogP contribution < -0.4 is 5.32 Å². The number of thioether (sulfide) groups is 1. The van der Waals surface area contributed by atoms with E-state index in [0.29, 0.717) is 11.3 Å². The largest absolute Gasteiger partial charge is 0.469 e. The van der Waals surface area contributed by atoms with Gasteiger partial charge in [0.15, 0.2) is 0 Å². The van der Waals surface area contributed by atoms with Crippen LogP contribution in [0.25, 0.3) is 11.5 Å². The molecule has 0 aliphatic heterocycles. The van der Waals surface area contributed by atoms with Crippen LogP contribution in [-0.4, -0.2) is 21.9 Å². The second-order valence-corrected chi connectivity index (χ2v) is 6.63. The number of amides is 1. The quantitative estimate of drug-likeness (QED) is 0.586. The Bertz CT molecular complexity index is 971. The molecule has 0 aliphatic carbocycles. The molecule has 1 N–H and O–H groups in total. The molecule has 0 atom stereocenters. The number of halogens is 4. The van der Waals surface area contributed by atoms with Crippen molar-refractivity contribution in [1.82, 2.24) is 10.2 Å². The summed E-state index contributed by atoms with van der Waals surface area (Å²) in [7, 11) is 0. The minimum atomic E-state index is -4.54. The lowest BCUT2D eigenvalue weighted by atomic mass is 10.2. The molecular weight excluding hydrogens is 407 g/mol. The first kappa shape index (κ1) is 19.3. The van der Waals surface area contributed by atoms with Crippen LogP contribution in [0.1, 0.15) is 11.3 Å². The molecule has 2 heterocycles. The standard InChI is InChI=1S/C16H11ClF3N3O3S/c1-8-10(4-5-25-8)14-22-23-15(26-14)27-7-13(24)21-12-6-9(16(18,19)20)2-3-11(12)17/h2-6H,7H2,1H3,(H,21,24). The second kappa shape index (κ2) is 7.65. The Labute approximate surface area is 160 Å². The van der Waals surface area contributed by atoms with E-state index >= 15 is 0 Å². The topological polar surface area (TPSA) is 81.2 Å². The molecule has 1 aromatic carbocycles. The van der Waals surface area contributed by atoms with Crippen molar-refractivity contribution in [3.05, 3.63) is 46.9 Å². The lowest BCUT2D eigenvalue weighted by Crippen LogP contribution is -2.15. The monoisotopic (exact) mass is 417 g/mol. The maximum absolute atomic E-state index is 12.8. The number of aromatic nitrogens is 2. The van der Waals surface area contributed by atoms with Gasteiger partial charge in [-0.05, 0) is 31.2 Å². The average Bonchev–Trinajstić information content (AvgIpc) is 3.22. The Hall–Kier alpha value is -2.46. The lowest BCUT2D eigenvalue weighted by molar-refractivity contribution is -0.137. The normalized spacial score (nSPS) is 11.6. The molecule has 27 heavy (non-hydrogen) atoms. The van der Waals surface area contributed by atoms with Crippen LogP contribution in [0.5, 0.6) is 0 Å². The van der Waals surface area contributed by atoms with Crippen LogP contribution in [0, 0.1) is 6.92 Å². The van der Waals surface area contributed by atoms with E-state index in [0.717, 1.165) is 30.0 Å². The lowest BCUT2D eigenvalue weighted by Gasteiger charge is -2.11. The van der Waals surface area contributed by atoms with Gasteiger partial charge in [-0.2, -0.15) is 13.2 Å². The third-order valence-corrected chi connectivity index (χ3v) is 4.54. The van der Waals surface area contributed by atoms with Crippen LogP contribution in [0.2, 0.25) is 5.02 Å². The van der Waals surface area contributed by atoms with Gasteiger partial charge in [0.25, 0.3) is 11.1 Å². The van der Waals surface area contributed by atoms with Crippen LogP contribution in [0.4, 0.5) is 18.9 Å². The van der Waals surface area contributed by atoms with Gasteiger partial charge in [-0.3, -0.25) is 4.79 Å². The predicted molar refractivity (Wildman–Crippen MR) is 92.5 cm³/mol. The van der Waals surface area contributed by atoms with Crippen LogP contribution in [-0.2, 0) is 11.0 Å². The first-order valence-electron chi connectivity index (χ1n) is 7.41. The zero-order chi connectivity index (χ0) is 19.6. The summed E-state index contributed by atoms with van der Waals surface area (Å²) in [6.45, 7) is 1.73. The van der Waals surface area contributed by atoms with Crippen molar-refractivity contribution in [3.63, 3.8) is 0 Å². The molecule has 3 aromatic rings. The first-order valence-corrected chi connectivity index (χ1v) is 8.78. The molecule has 0 saturated carbocycles. The first-order chi connectivity index (χ1) is 12.7. The van der Waals surface area contributed by atoms with Gasteiger partial charge >= 0.3 is 6.18 Å². The molecule has 6 nitrogen and oxygen atoms in total. The molecule has 1 amide bonds. The SMILES string of the molecule is Cc1occc1-c1nnc(SCC(=O)Nc2cc(C(F)(F)F)ccc2Cl)o1. The maximum Gasteiger partial charge on any atom is 0.416 e. The van der Waals surface area contributed by atoms with Gasteiger partial charge in [0.1, 0.15) is 5.76 Å². The van der Waals surface area contributed by atoms with Crippen molar-refractivity contribution in [1.29, 1.82) is 0 Å². The number of hydrogen-bond donors (Lipinski definition) is 1. The summed E-state index contributed by atoms with van der Waals surface area (Å²) in [5.41, 5.74) is -0.404. The second-order valence-electron chi connectivity index (χ2n) is 5.29. The zero-order valence-corrected chi connectivity index (χ0v) is 15.2. The highest BCUT2D eigenvalue weighted by Crippen LogP contribution is 2.34. The Morgan fingerprint density at radius 1 is 1.30 bits per heavy atom. The predicted octanol–water partition coefficient (Wildman–Crippen LogP) is 5.04. The third-order valence-electron chi connectivity index (χ3n) is 3.39. The van der Waals surface area contributed by atoms with Gasteiger partial charge in [-0.1, -0.05) is 23.4 Å². The number of furan rings is 1. The van der Waals surface area contributed by atoms with Gasteiger partial charge in [-0.15, -0.1) is 10.2 Å². The van der Waals surface area contributed by atoms with E-state index in [9.17, 15) is 18.0 Å². The fourth-order valence-corrected chi connectivity index (χ4v) is 2.82. The van der Waals surface area contributed by atoms with E-state index in [1.54, 1.807) is 13.0 Å². The van der Waals surface area contributed by atoms with E-state index in [-0.39, 0.29) is 27.6 Å². The fourth-order valence-electron chi connectivity index (χ4n) is 2.09. The summed E-state index contributed by atoms with van der Waals surface area (Å²) in [4.78, 5) is 12.0. The molecule has 2 aromatic heterocycles. The summed E-state index contributed by atoms with van der Waals surface area (Å²) >= 11 is 6.78. The van der Waals surface area contributed by atoms with Crippen molar-refractivity contribution in [2.45, 2.75) is 18.3 Å². The van der Waals surface area contributed by atoms with Crippen LogP contribution in [0.15, 0.2) is 44.6 Å². The highest BCUT2D eigenvalue weighted by molar-refractivity contribution is 7.99. The van der Waals surface area contributed by atoms with Crippen LogP contribution >= 0.6 is 23.4 Å². The molecule has 0 unspecified atom stereocenters. The van der Waals surface area contributed by atoms with Crippen molar-refractivity contribution >= 4 is 35.0 Å². The zero-order valence-electron chi connectivity index (χ0n) is 13.6. The molecule has 0 bridgehead atoms. The van der Waals surface area contributed by atoms with Gasteiger partial charge in [-0.25, -0.2) is 0 Å². The number of nitrogens with zero attached hydrogens (tertiary/aromatic N) is 2. The molecule has 142 valence electrons. The number of hydrogen-bond acceptors (Lipinski definition) is 6. The van der Waals surface area contributed by atoms with Gasteiger partial charge in [0.05, 0.1) is 33.9 Å². The van der Waals surface area contributed by atoms with Gasteiger partial charge in [0, 0.05) is 0 Å². The van der Waals surface area contributed by atoms with Crippen LogP contribution in [0.3, 0.4) is 0 Å². The molecule has 3 rings (SSSR count). The summed E-state index contributed by atoms with van der Waals surface area (Å²) in [6, 6.07) is 4.35. The van der Waals surface area contributed by atoms with Crippen molar-refractivity contribution in [2.24, 2.45) is 0 Å². The number of aryl methyl sites for hydroxylation is 1. The number of rotatable bonds is 5.